The molecule has 1 heterocycles. The quantitative estimate of drug-likeness (QED) is 0.827. The predicted octanol–water partition coefficient (Wildman–Crippen LogP) is 2.48. The first-order valence-corrected chi connectivity index (χ1v) is 5.45. The molecule has 0 radical (unpaired) electrons. The molecule has 0 atom stereocenters. The Kier molecular flexibility index (Phi) is 3.82. The van der Waals surface area contributed by atoms with Gasteiger partial charge in [0.15, 0.2) is 11.6 Å². The number of nitrogens with zero attached hydrogens (tertiary/aromatic N) is 2. The maximum atomic E-state index is 13.4. The van der Waals surface area contributed by atoms with E-state index in [0.29, 0.717) is 11.4 Å². The Hall–Kier alpha value is -2.76. The van der Waals surface area contributed by atoms with E-state index in [1.165, 1.54) is 12.4 Å². The molecule has 6 heteroatoms. The summed E-state index contributed by atoms with van der Waals surface area (Å²) in [4.78, 5) is 18.5. The molecule has 0 aliphatic carbocycles. The predicted molar refractivity (Wildman–Crippen MR) is 70.5 cm³/mol. The summed E-state index contributed by atoms with van der Waals surface area (Å²) in [6.45, 7) is 3.36. The summed E-state index contributed by atoms with van der Waals surface area (Å²) in [6, 6.07) is 6.82. The van der Waals surface area contributed by atoms with Gasteiger partial charge in [-0.25, -0.2) is 14.4 Å². The van der Waals surface area contributed by atoms with Crippen LogP contribution in [0.25, 0.3) is 0 Å². The van der Waals surface area contributed by atoms with Crippen LogP contribution >= 0.6 is 0 Å². The number of rotatable bonds is 4. The summed E-state index contributed by atoms with van der Waals surface area (Å²) in [5.74, 6) is -0.796. The van der Waals surface area contributed by atoms with Crippen LogP contribution in [-0.4, -0.2) is 15.9 Å². The Balaban J connectivity index is 2.17. The number of amides is 1. The smallest absolute Gasteiger partial charge is 0.247 e. The molecule has 5 nitrogen and oxygen atoms in total. The Morgan fingerprint density at radius 1 is 1.37 bits per heavy atom. The van der Waals surface area contributed by atoms with Crippen molar-refractivity contribution < 1.29 is 9.18 Å². The normalized spacial score (nSPS) is 9.74. The number of carbonyl (C=O) groups excluding carboxylic acids is 1. The van der Waals surface area contributed by atoms with Crippen molar-refractivity contribution in [1.29, 1.82) is 0 Å². The highest BCUT2D eigenvalue weighted by Gasteiger charge is 2.04. The highest BCUT2D eigenvalue weighted by atomic mass is 19.1. The van der Waals surface area contributed by atoms with Gasteiger partial charge in [-0.1, -0.05) is 12.6 Å². The molecule has 0 aliphatic rings. The Morgan fingerprint density at radius 3 is 2.89 bits per heavy atom. The van der Waals surface area contributed by atoms with Gasteiger partial charge in [-0.2, -0.15) is 0 Å². The van der Waals surface area contributed by atoms with Crippen LogP contribution < -0.4 is 10.6 Å². The minimum Gasteiger partial charge on any atom is -0.338 e. The third-order valence-electron chi connectivity index (χ3n) is 2.25. The Labute approximate surface area is 109 Å². The molecule has 1 aromatic heterocycles. The summed E-state index contributed by atoms with van der Waals surface area (Å²) in [6.07, 6.45) is 3.48. The third-order valence-corrected chi connectivity index (χ3v) is 2.25. The van der Waals surface area contributed by atoms with Crippen LogP contribution in [0.5, 0.6) is 0 Å². The highest BCUT2D eigenvalue weighted by Crippen LogP contribution is 2.20. The number of nitrogens with one attached hydrogen (secondary N) is 2. The van der Waals surface area contributed by atoms with Crippen molar-refractivity contribution in [1.82, 2.24) is 9.97 Å². The number of hydrogen-bond donors (Lipinski definition) is 2. The number of benzene rings is 1. The van der Waals surface area contributed by atoms with Crippen molar-refractivity contribution in [3.05, 3.63) is 55.3 Å². The van der Waals surface area contributed by atoms with E-state index < -0.39 is 5.82 Å². The molecule has 0 saturated carbocycles. The lowest BCUT2D eigenvalue weighted by Gasteiger charge is -2.08. The van der Waals surface area contributed by atoms with Gasteiger partial charge in [0.1, 0.15) is 6.33 Å². The van der Waals surface area contributed by atoms with E-state index >= 15 is 0 Å². The molecule has 0 aliphatic heterocycles. The first kappa shape index (κ1) is 12.7. The number of carbonyl (C=O) groups is 1. The van der Waals surface area contributed by atoms with Crippen LogP contribution in [0.3, 0.4) is 0 Å². The van der Waals surface area contributed by atoms with Crippen molar-refractivity contribution in [2.45, 2.75) is 0 Å². The van der Waals surface area contributed by atoms with Crippen LogP contribution in [0.4, 0.5) is 21.6 Å². The van der Waals surface area contributed by atoms with E-state index in [1.807, 2.05) is 0 Å². The zero-order valence-electron chi connectivity index (χ0n) is 9.93. The molecule has 0 unspecified atom stereocenters. The maximum Gasteiger partial charge on any atom is 0.247 e. The van der Waals surface area contributed by atoms with Crippen molar-refractivity contribution in [3.63, 3.8) is 0 Å². The molecule has 2 rings (SSSR count). The molecule has 96 valence electrons. The van der Waals surface area contributed by atoms with Gasteiger partial charge in [0.2, 0.25) is 5.91 Å². The number of halogens is 1. The van der Waals surface area contributed by atoms with Gasteiger partial charge in [-0.15, -0.1) is 0 Å². The number of anilines is 3. The van der Waals surface area contributed by atoms with Crippen molar-refractivity contribution >= 4 is 23.1 Å². The van der Waals surface area contributed by atoms with Gasteiger partial charge in [0.25, 0.3) is 0 Å². The summed E-state index contributed by atoms with van der Waals surface area (Å²) in [5, 5.41) is 5.41. The summed E-state index contributed by atoms with van der Waals surface area (Å²) < 4.78 is 13.4. The van der Waals surface area contributed by atoms with E-state index in [9.17, 15) is 9.18 Å². The summed E-state index contributed by atoms with van der Waals surface area (Å²) in [5.41, 5.74) is 1.17. The number of aromatic nitrogens is 2. The summed E-state index contributed by atoms with van der Waals surface area (Å²) in [7, 11) is 0. The second-order valence-electron chi connectivity index (χ2n) is 3.62. The van der Waals surface area contributed by atoms with Crippen LogP contribution in [0.1, 0.15) is 0 Å². The summed E-state index contributed by atoms with van der Waals surface area (Å²) >= 11 is 0. The maximum absolute atomic E-state index is 13.4. The Morgan fingerprint density at radius 2 is 2.16 bits per heavy atom. The zero-order valence-corrected chi connectivity index (χ0v) is 9.93. The van der Waals surface area contributed by atoms with E-state index in [0.717, 1.165) is 6.20 Å². The lowest BCUT2D eigenvalue weighted by Crippen LogP contribution is -2.07. The molecular formula is C13H11FN4O. The fourth-order valence-electron chi connectivity index (χ4n) is 1.41. The van der Waals surface area contributed by atoms with Crippen LogP contribution in [0.2, 0.25) is 0 Å². The van der Waals surface area contributed by atoms with Gasteiger partial charge in [-0.05, 0) is 24.3 Å². The number of hydrogen-bond acceptors (Lipinski definition) is 4. The van der Waals surface area contributed by atoms with E-state index in [4.69, 9.17) is 0 Å². The van der Waals surface area contributed by atoms with Gasteiger partial charge in [0.05, 0.1) is 6.20 Å². The van der Waals surface area contributed by atoms with Crippen LogP contribution in [-0.2, 0) is 4.79 Å². The minimum atomic E-state index is -0.553. The molecule has 0 spiro atoms. The van der Waals surface area contributed by atoms with E-state index in [2.05, 4.69) is 27.2 Å². The SMILES string of the molecule is C=CC(=O)Nc1cccc(Nc2ncncc2F)c1. The second-order valence-corrected chi connectivity index (χ2v) is 3.62. The molecule has 0 saturated heterocycles. The minimum absolute atomic E-state index is 0.0715. The standard InChI is InChI=1S/C13H11FN4O/c1-2-12(19)17-9-4-3-5-10(6-9)18-13-11(14)7-15-8-16-13/h2-8H,1H2,(H,17,19)(H,15,16,18). The van der Waals surface area contributed by atoms with Crippen LogP contribution in [0, 0.1) is 5.82 Å². The van der Waals surface area contributed by atoms with Gasteiger partial charge in [0, 0.05) is 11.4 Å². The van der Waals surface area contributed by atoms with Crippen molar-refractivity contribution in [2.75, 3.05) is 10.6 Å². The molecule has 1 amide bonds. The molecular weight excluding hydrogens is 247 g/mol. The molecule has 0 fully saturated rings. The van der Waals surface area contributed by atoms with E-state index in [1.54, 1.807) is 24.3 Å². The fraction of sp³-hybridized carbons (Fsp3) is 0. The largest absolute Gasteiger partial charge is 0.338 e. The lowest BCUT2D eigenvalue weighted by atomic mass is 10.2. The molecule has 19 heavy (non-hydrogen) atoms. The fourth-order valence-corrected chi connectivity index (χ4v) is 1.41. The first-order chi connectivity index (χ1) is 9.19. The topological polar surface area (TPSA) is 66.9 Å². The second kappa shape index (κ2) is 5.72. The van der Waals surface area contributed by atoms with Gasteiger partial charge >= 0.3 is 0 Å². The first-order valence-electron chi connectivity index (χ1n) is 5.45. The molecule has 2 aromatic rings. The monoisotopic (exact) mass is 258 g/mol. The van der Waals surface area contributed by atoms with E-state index in [-0.39, 0.29) is 11.7 Å². The van der Waals surface area contributed by atoms with Crippen molar-refractivity contribution in [2.24, 2.45) is 0 Å². The van der Waals surface area contributed by atoms with Gasteiger partial charge < -0.3 is 10.6 Å². The molecule has 1 aromatic carbocycles. The third kappa shape index (κ3) is 3.35. The average molecular weight is 258 g/mol. The molecule has 0 bridgehead atoms. The lowest BCUT2D eigenvalue weighted by molar-refractivity contribution is -0.111. The zero-order chi connectivity index (χ0) is 13.7. The van der Waals surface area contributed by atoms with Crippen LogP contribution in [0.15, 0.2) is 49.4 Å². The van der Waals surface area contributed by atoms with Crippen molar-refractivity contribution in [3.8, 4) is 0 Å². The average Bonchev–Trinajstić information content (AvgIpc) is 2.42. The molecule has 2 N–H and O–H groups in total. The van der Waals surface area contributed by atoms with Gasteiger partial charge in [-0.3, -0.25) is 4.79 Å². The Bertz CT molecular complexity index is 615. The highest BCUT2D eigenvalue weighted by molar-refractivity contribution is 5.99.